The number of nitrogens with zero attached hydrogens (tertiary/aromatic N) is 1. The van der Waals surface area contributed by atoms with Crippen LogP contribution in [0.25, 0.3) is 0 Å². The number of guanidine groups is 1. The zero-order chi connectivity index (χ0) is 16.2. The summed E-state index contributed by atoms with van der Waals surface area (Å²) in [6.45, 7) is 10.6. The van der Waals surface area contributed by atoms with Crippen molar-refractivity contribution in [2.24, 2.45) is 16.8 Å². The zero-order valence-corrected chi connectivity index (χ0v) is 14.3. The Balaban J connectivity index is 2.08. The Hall–Kier alpha value is -1.30. The average molecular weight is 312 g/mol. The van der Waals surface area contributed by atoms with Crippen molar-refractivity contribution >= 4 is 11.9 Å². The van der Waals surface area contributed by atoms with E-state index in [0.29, 0.717) is 32.2 Å². The quantitative estimate of drug-likeness (QED) is 0.304. The molecule has 0 radical (unpaired) electrons. The molecule has 0 spiro atoms. The van der Waals surface area contributed by atoms with Crippen LogP contribution in [0, 0.1) is 11.8 Å². The summed E-state index contributed by atoms with van der Waals surface area (Å²) in [7, 11) is 0. The van der Waals surface area contributed by atoms with Gasteiger partial charge in [0.2, 0.25) is 5.91 Å². The van der Waals surface area contributed by atoms with Crippen molar-refractivity contribution < 1.29 is 9.53 Å². The summed E-state index contributed by atoms with van der Waals surface area (Å²) in [5, 5.41) is 9.33. The first-order valence-electron chi connectivity index (χ1n) is 8.51. The predicted molar refractivity (Wildman–Crippen MR) is 90.0 cm³/mol. The van der Waals surface area contributed by atoms with Gasteiger partial charge in [0.05, 0.1) is 13.2 Å². The maximum atomic E-state index is 11.5. The Kier molecular flexibility index (Phi) is 9.62. The first-order valence-corrected chi connectivity index (χ1v) is 8.51. The van der Waals surface area contributed by atoms with Crippen molar-refractivity contribution in [3.63, 3.8) is 0 Å². The molecule has 0 saturated heterocycles. The van der Waals surface area contributed by atoms with Crippen LogP contribution in [0.5, 0.6) is 0 Å². The lowest BCUT2D eigenvalue weighted by Gasteiger charge is -2.12. The fourth-order valence-electron chi connectivity index (χ4n) is 1.84. The van der Waals surface area contributed by atoms with Gasteiger partial charge in [-0.2, -0.15) is 0 Å². The number of nitrogens with one attached hydrogen (secondary N) is 3. The van der Waals surface area contributed by atoms with Gasteiger partial charge in [-0.3, -0.25) is 9.79 Å². The zero-order valence-electron chi connectivity index (χ0n) is 14.3. The molecule has 0 aliphatic heterocycles. The molecule has 0 aromatic carbocycles. The number of hydrogen-bond acceptors (Lipinski definition) is 3. The standard InChI is InChI=1S/C16H32N4O2/c1-4-17-16(20-10-12-22-11-7-13(2)3)19-9-8-18-15(21)14-5-6-14/h13-14H,4-12H2,1-3H3,(H,18,21)(H2,17,19,20). The molecule has 0 aromatic heterocycles. The summed E-state index contributed by atoms with van der Waals surface area (Å²) in [4.78, 5) is 15.9. The molecule has 22 heavy (non-hydrogen) atoms. The summed E-state index contributed by atoms with van der Waals surface area (Å²) >= 11 is 0. The molecule has 0 aromatic rings. The van der Waals surface area contributed by atoms with E-state index >= 15 is 0 Å². The Bertz CT molecular complexity index is 341. The van der Waals surface area contributed by atoms with Crippen molar-refractivity contribution in [1.29, 1.82) is 0 Å². The Morgan fingerprint density at radius 1 is 1.18 bits per heavy atom. The van der Waals surface area contributed by atoms with Crippen LogP contribution >= 0.6 is 0 Å². The fourth-order valence-corrected chi connectivity index (χ4v) is 1.84. The molecule has 1 fully saturated rings. The highest BCUT2D eigenvalue weighted by molar-refractivity contribution is 5.81. The lowest BCUT2D eigenvalue weighted by Crippen LogP contribution is -2.42. The van der Waals surface area contributed by atoms with Crippen molar-refractivity contribution in [3.05, 3.63) is 0 Å². The van der Waals surface area contributed by atoms with Crippen LogP contribution in [0.3, 0.4) is 0 Å². The minimum absolute atomic E-state index is 0.183. The Morgan fingerprint density at radius 3 is 2.55 bits per heavy atom. The number of carbonyl (C=O) groups is 1. The Morgan fingerprint density at radius 2 is 1.91 bits per heavy atom. The summed E-state index contributed by atoms with van der Waals surface area (Å²) < 4.78 is 5.54. The number of hydrogen-bond donors (Lipinski definition) is 3. The first kappa shape index (κ1) is 18.7. The predicted octanol–water partition coefficient (Wildman–Crippen LogP) is 1.13. The molecule has 0 bridgehead atoms. The Labute approximate surface area is 134 Å². The van der Waals surface area contributed by atoms with Crippen LogP contribution in [0.15, 0.2) is 4.99 Å². The van der Waals surface area contributed by atoms with Crippen molar-refractivity contribution in [3.8, 4) is 0 Å². The molecule has 128 valence electrons. The fraction of sp³-hybridized carbons (Fsp3) is 0.875. The highest BCUT2D eigenvalue weighted by atomic mass is 16.5. The van der Waals surface area contributed by atoms with Gasteiger partial charge in [0.15, 0.2) is 5.96 Å². The second-order valence-corrected chi connectivity index (χ2v) is 6.05. The number of ether oxygens (including phenoxy) is 1. The van der Waals surface area contributed by atoms with Gasteiger partial charge in [-0.25, -0.2) is 0 Å². The topological polar surface area (TPSA) is 74.8 Å². The second-order valence-electron chi connectivity index (χ2n) is 6.05. The van der Waals surface area contributed by atoms with Gasteiger partial charge in [-0.1, -0.05) is 13.8 Å². The summed E-state index contributed by atoms with van der Waals surface area (Å²) in [5.41, 5.74) is 0. The normalized spacial score (nSPS) is 15.0. The van der Waals surface area contributed by atoms with Crippen molar-refractivity contribution in [1.82, 2.24) is 16.0 Å². The van der Waals surface area contributed by atoms with Crippen LogP contribution in [0.2, 0.25) is 0 Å². The smallest absolute Gasteiger partial charge is 0.223 e. The van der Waals surface area contributed by atoms with Gasteiger partial charge < -0.3 is 20.7 Å². The molecule has 1 amide bonds. The van der Waals surface area contributed by atoms with E-state index in [1.165, 1.54) is 0 Å². The van der Waals surface area contributed by atoms with Gasteiger partial charge in [0.1, 0.15) is 0 Å². The van der Waals surface area contributed by atoms with Gasteiger partial charge in [0, 0.05) is 32.2 Å². The van der Waals surface area contributed by atoms with Gasteiger partial charge in [-0.05, 0) is 32.1 Å². The largest absolute Gasteiger partial charge is 0.380 e. The maximum Gasteiger partial charge on any atom is 0.223 e. The lowest BCUT2D eigenvalue weighted by molar-refractivity contribution is -0.122. The number of amides is 1. The molecule has 1 aliphatic carbocycles. The summed E-state index contributed by atoms with van der Waals surface area (Å²) in [5.74, 6) is 1.90. The molecular weight excluding hydrogens is 280 g/mol. The van der Waals surface area contributed by atoms with E-state index in [2.05, 4.69) is 34.8 Å². The number of aliphatic imine (C=N–C) groups is 1. The third-order valence-electron chi connectivity index (χ3n) is 3.35. The van der Waals surface area contributed by atoms with Crippen LogP contribution in [0.4, 0.5) is 0 Å². The van der Waals surface area contributed by atoms with Gasteiger partial charge in [-0.15, -0.1) is 0 Å². The van der Waals surface area contributed by atoms with Crippen molar-refractivity contribution in [2.45, 2.75) is 40.0 Å². The molecule has 1 rings (SSSR count). The summed E-state index contributed by atoms with van der Waals surface area (Å²) in [6.07, 6.45) is 3.17. The second kappa shape index (κ2) is 11.3. The van der Waals surface area contributed by atoms with E-state index < -0.39 is 0 Å². The van der Waals surface area contributed by atoms with Crippen LogP contribution in [-0.2, 0) is 9.53 Å². The average Bonchev–Trinajstić information content (AvgIpc) is 3.31. The van der Waals surface area contributed by atoms with Crippen LogP contribution in [0.1, 0.15) is 40.0 Å². The van der Waals surface area contributed by atoms with E-state index in [-0.39, 0.29) is 11.8 Å². The molecule has 6 nitrogen and oxygen atoms in total. The van der Waals surface area contributed by atoms with Crippen LogP contribution in [-0.4, -0.2) is 51.3 Å². The third-order valence-corrected chi connectivity index (χ3v) is 3.35. The van der Waals surface area contributed by atoms with Gasteiger partial charge in [0.25, 0.3) is 0 Å². The molecule has 1 aliphatic rings. The minimum atomic E-state index is 0.183. The molecular formula is C16H32N4O2. The van der Waals surface area contributed by atoms with Gasteiger partial charge >= 0.3 is 0 Å². The SMILES string of the molecule is CCNC(=NCCOCCC(C)C)NCCNC(=O)C1CC1. The molecule has 1 saturated carbocycles. The van der Waals surface area contributed by atoms with Crippen LogP contribution < -0.4 is 16.0 Å². The summed E-state index contributed by atoms with van der Waals surface area (Å²) in [6, 6.07) is 0. The van der Waals surface area contributed by atoms with E-state index in [1.54, 1.807) is 0 Å². The molecule has 0 atom stereocenters. The number of rotatable bonds is 11. The van der Waals surface area contributed by atoms with E-state index in [9.17, 15) is 4.79 Å². The highest BCUT2D eigenvalue weighted by Gasteiger charge is 2.28. The van der Waals surface area contributed by atoms with E-state index in [1.807, 2.05) is 6.92 Å². The molecule has 6 heteroatoms. The molecule has 0 heterocycles. The third kappa shape index (κ3) is 9.60. The highest BCUT2D eigenvalue weighted by Crippen LogP contribution is 2.28. The van der Waals surface area contributed by atoms with Crippen molar-refractivity contribution in [2.75, 3.05) is 39.4 Å². The monoisotopic (exact) mass is 312 g/mol. The molecule has 3 N–H and O–H groups in total. The lowest BCUT2D eigenvalue weighted by atomic mass is 10.1. The number of carbonyl (C=O) groups excluding carboxylic acids is 1. The van der Waals surface area contributed by atoms with E-state index in [0.717, 1.165) is 38.4 Å². The first-order chi connectivity index (χ1) is 10.6. The van der Waals surface area contributed by atoms with E-state index in [4.69, 9.17) is 4.74 Å². The molecule has 0 unspecified atom stereocenters. The minimum Gasteiger partial charge on any atom is -0.380 e. The maximum absolute atomic E-state index is 11.5.